The molecule has 3 aliphatic rings. The molecule has 6 rings (SSSR count). The van der Waals surface area contributed by atoms with Crippen LogP contribution in [0.5, 0.6) is 0 Å². The summed E-state index contributed by atoms with van der Waals surface area (Å²) in [6, 6.07) is 3.30. The summed E-state index contributed by atoms with van der Waals surface area (Å²) in [5.41, 5.74) is 6.33. The Morgan fingerprint density at radius 2 is 1.72 bits per heavy atom. The van der Waals surface area contributed by atoms with E-state index in [1.165, 1.54) is 15.5 Å². The van der Waals surface area contributed by atoms with E-state index in [2.05, 4.69) is 33.8 Å². The van der Waals surface area contributed by atoms with Gasteiger partial charge in [-0.05, 0) is 37.1 Å². The Bertz CT molecular complexity index is 2350. The highest BCUT2D eigenvalue weighted by Crippen LogP contribution is 2.60. The quantitative estimate of drug-likeness (QED) is 0.0323. The van der Waals surface area contributed by atoms with Crippen molar-refractivity contribution in [1.82, 2.24) is 34.5 Å². The molecule has 1 aromatic carbocycles. The third kappa shape index (κ3) is 7.91. The lowest BCUT2D eigenvalue weighted by Crippen LogP contribution is -2.45. The van der Waals surface area contributed by atoms with Gasteiger partial charge >= 0.3 is 27.0 Å². The van der Waals surface area contributed by atoms with Crippen molar-refractivity contribution in [2.75, 3.05) is 18.9 Å². The maximum absolute atomic E-state index is 12.5. The van der Waals surface area contributed by atoms with Crippen LogP contribution in [0.15, 0.2) is 34.4 Å². The molecule has 5 heterocycles. The summed E-state index contributed by atoms with van der Waals surface area (Å²) >= 11 is 0. The lowest BCUT2D eigenvalue weighted by atomic mass is 10.1. The van der Waals surface area contributed by atoms with Gasteiger partial charge in [0.05, 0.1) is 30.8 Å². The molecule has 0 radical (unpaired) electrons. The first-order valence-electron chi connectivity index (χ1n) is 15.5. The number of imidazole rings is 1. The number of rotatable bonds is 13. The number of ether oxygens (including phenoxy) is 1. The highest BCUT2D eigenvalue weighted by Gasteiger charge is 2.48. The minimum absolute atomic E-state index is 0.0849. The van der Waals surface area contributed by atoms with Gasteiger partial charge in [-0.15, -0.1) is 0 Å². The second kappa shape index (κ2) is 14.6. The number of benzene rings is 1. The van der Waals surface area contributed by atoms with E-state index in [4.69, 9.17) is 15.0 Å². The van der Waals surface area contributed by atoms with E-state index in [-0.39, 0.29) is 28.5 Å². The summed E-state index contributed by atoms with van der Waals surface area (Å²) in [4.78, 5) is 65.5. The van der Waals surface area contributed by atoms with Crippen molar-refractivity contribution < 1.29 is 67.1 Å². The number of nitrogens with zero attached hydrogens (tertiary/aromatic N) is 6. The third-order valence-electron chi connectivity index (χ3n) is 8.46. The monoisotopic (exact) mass is 786 g/mol. The molecular formula is C27H34N9O15P2+. The molecule has 0 aliphatic carbocycles. The smallest absolute Gasteiger partial charge is 0.388 e. The summed E-state index contributed by atoms with van der Waals surface area (Å²) in [6.07, 6.45) is -9.70. The van der Waals surface area contributed by atoms with Crippen molar-refractivity contribution in [3.05, 3.63) is 56.8 Å². The zero-order chi connectivity index (χ0) is 38.6. The molecule has 11 N–H and O–H groups in total. The molecule has 0 spiro atoms. The molecule has 0 saturated carbocycles. The molecule has 9 atom stereocenters. The number of hydrogen-bond acceptors (Lipinski definition) is 18. The van der Waals surface area contributed by atoms with E-state index >= 15 is 0 Å². The van der Waals surface area contributed by atoms with E-state index in [0.717, 1.165) is 17.5 Å². The second-order valence-corrected chi connectivity index (χ2v) is 15.2. The SMILES string of the molecule is Cc1cc2nc3c(=O)[nH]c(=O)nc-3n(CC(O)C(O)C(O)COP(=O)(O)OP(=O)(O)OC[C@H]3O[C@@H]([n+]4c[nH]c5c(N)ncnc54)[C@H](O)[C@@H]3O)c2cc1C. The van der Waals surface area contributed by atoms with Crippen LogP contribution in [0.25, 0.3) is 33.7 Å². The lowest BCUT2D eigenvalue weighted by molar-refractivity contribution is -0.745. The molecule has 26 heteroatoms. The number of aliphatic hydroxyl groups is 5. The van der Waals surface area contributed by atoms with Gasteiger partial charge in [-0.25, -0.2) is 23.5 Å². The summed E-state index contributed by atoms with van der Waals surface area (Å²) in [5, 5.41) is 53.1. The minimum Gasteiger partial charge on any atom is -0.388 e. The Hall–Kier alpha value is -4.13. The first-order chi connectivity index (χ1) is 24.9. The van der Waals surface area contributed by atoms with Gasteiger partial charge in [-0.3, -0.25) is 23.8 Å². The summed E-state index contributed by atoms with van der Waals surface area (Å²) < 4.78 is 46.7. The van der Waals surface area contributed by atoms with E-state index in [9.17, 15) is 54.0 Å². The number of nitrogens with two attached hydrogens (primary N) is 1. The van der Waals surface area contributed by atoms with Gasteiger partial charge in [-0.1, -0.05) is 4.98 Å². The number of phosphoric ester groups is 2. The lowest BCUT2D eigenvalue weighted by Gasteiger charge is -2.26. The molecule has 5 unspecified atom stereocenters. The predicted octanol–water partition coefficient (Wildman–Crippen LogP) is -3.00. The Morgan fingerprint density at radius 1 is 1.02 bits per heavy atom. The van der Waals surface area contributed by atoms with Gasteiger partial charge < -0.3 is 50.4 Å². The predicted molar refractivity (Wildman–Crippen MR) is 176 cm³/mol. The molecule has 1 fully saturated rings. The minimum atomic E-state index is -5.54. The molecule has 3 aliphatic heterocycles. The maximum atomic E-state index is 12.5. The number of nitrogen functional groups attached to an aromatic ring is 1. The van der Waals surface area contributed by atoms with Crippen LogP contribution in [0.4, 0.5) is 5.82 Å². The zero-order valence-corrected chi connectivity index (χ0v) is 29.3. The van der Waals surface area contributed by atoms with E-state index in [1.807, 2.05) is 4.98 Å². The number of nitrogens with one attached hydrogen (secondary N) is 2. The van der Waals surface area contributed by atoms with Crippen LogP contribution >= 0.6 is 15.6 Å². The van der Waals surface area contributed by atoms with Crippen molar-refractivity contribution in [3.8, 4) is 11.5 Å². The van der Waals surface area contributed by atoms with Crippen molar-refractivity contribution in [1.29, 1.82) is 0 Å². The number of aryl methyl sites for hydroxylation is 2. The van der Waals surface area contributed by atoms with Crippen molar-refractivity contribution in [3.63, 3.8) is 0 Å². The van der Waals surface area contributed by atoms with Gasteiger partial charge in [0.1, 0.15) is 36.6 Å². The molecule has 2 aromatic heterocycles. The number of aromatic nitrogens is 8. The third-order valence-corrected chi connectivity index (χ3v) is 11.1. The number of H-pyrrole nitrogens is 2. The standard InChI is InChI=1S/C27H33N9O15P2/c1-10-3-12-13(4-11(10)2)35(24-18(32-12)25(42)34-27(43)33-24)5-14(37)19(39)15(38)6-48-52(44,45)51-53(46,47)49-7-16-20(40)21(41)26(50-16)36-9-31-17-22(28)29-8-30-23(17)36/h3-4,8-9,14-16,19-21,26,37-41H,5-7H2,1-2H3,(H5,28,29,30,34,42,43,44,45,46,47)/p+1/t14?,15?,16-,19?,20-,21-,26-/m1/s1. The molecule has 1 saturated heterocycles. The Balaban J connectivity index is 1.07. The van der Waals surface area contributed by atoms with Crippen LogP contribution in [-0.2, 0) is 33.8 Å². The van der Waals surface area contributed by atoms with Crippen LogP contribution in [0.1, 0.15) is 17.4 Å². The second-order valence-electron chi connectivity index (χ2n) is 12.1. The molecule has 0 bridgehead atoms. The number of hydrogen-bond donors (Lipinski definition) is 10. The average Bonchev–Trinajstić information content (AvgIpc) is 3.63. The summed E-state index contributed by atoms with van der Waals surface area (Å²) in [6.45, 7) is 0.812. The number of fused-ring (bicyclic) bond motifs is 3. The van der Waals surface area contributed by atoms with Crippen molar-refractivity contribution in [2.24, 2.45) is 0 Å². The van der Waals surface area contributed by atoms with Crippen LogP contribution < -0.4 is 21.5 Å². The van der Waals surface area contributed by atoms with Crippen LogP contribution in [0.3, 0.4) is 0 Å². The zero-order valence-electron chi connectivity index (χ0n) is 27.5. The molecule has 0 amide bonds. The fraction of sp³-hybridized carbons (Fsp3) is 0.444. The van der Waals surface area contributed by atoms with Crippen LogP contribution in [0.2, 0.25) is 0 Å². The van der Waals surface area contributed by atoms with Crippen molar-refractivity contribution >= 4 is 43.7 Å². The highest BCUT2D eigenvalue weighted by molar-refractivity contribution is 7.61. The van der Waals surface area contributed by atoms with Gasteiger partial charge in [0.2, 0.25) is 11.7 Å². The number of aliphatic hydroxyl groups excluding tert-OH is 5. The van der Waals surface area contributed by atoms with Crippen LogP contribution in [0, 0.1) is 13.8 Å². The molecular weight excluding hydrogens is 752 g/mol. The Morgan fingerprint density at radius 3 is 2.45 bits per heavy atom. The Labute approximate surface area is 295 Å². The molecule has 286 valence electrons. The summed E-state index contributed by atoms with van der Waals surface area (Å²) in [5.74, 6) is -0.155. The number of phosphoric acid groups is 2. The molecule has 24 nitrogen and oxygen atoms in total. The molecule has 53 heavy (non-hydrogen) atoms. The number of aromatic amines is 2. The first kappa shape index (κ1) is 38.6. The number of anilines is 1. The fourth-order valence-corrected chi connectivity index (χ4v) is 7.71. The average molecular weight is 787 g/mol. The van der Waals surface area contributed by atoms with Gasteiger partial charge in [-0.2, -0.15) is 14.3 Å². The fourth-order valence-electron chi connectivity index (χ4n) is 5.61. The Kier molecular flexibility index (Phi) is 10.6. The van der Waals surface area contributed by atoms with Crippen molar-refractivity contribution in [2.45, 2.75) is 63.2 Å². The van der Waals surface area contributed by atoms with E-state index in [0.29, 0.717) is 11.0 Å². The normalized spacial score (nSPS) is 23.3. The van der Waals surface area contributed by atoms with Crippen LogP contribution in [-0.4, -0.2) is 120 Å². The first-order valence-corrected chi connectivity index (χ1v) is 18.5. The van der Waals surface area contributed by atoms with E-state index in [1.54, 1.807) is 26.0 Å². The molecule has 3 aromatic rings. The van der Waals surface area contributed by atoms with E-state index < -0.39 is 89.5 Å². The van der Waals surface area contributed by atoms with Gasteiger partial charge in [0.15, 0.2) is 30.0 Å². The highest BCUT2D eigenvalue weighted by atomic mass is 31.3. The van der Waals surface area contributed by atoms with Gasteiger partial charge in [0, 0.05) is 0 Å². The summed E-state index contributed by atoms with van der Waals surface area (Å²) in [7, 11) is -11.0. The maximum Gasteiger partial charge on any atom is 0.481 e. The largest absolute Gasteiger partial charge is 0.481 e. The topological polar surface area (TPSA) is 365 Å². The van der Waals surface area contributed by atoms with Gasteiger partial charge in [0.25, 0.3) is 5.56 Å².